The molecular formula is C31H61N5O9S. The Morgan fingerprint density at radius 1 is 1.00 bits per heavy atom. The summed E-state index contributed by atoms with van der Waals surface area (Å²) in [4.78, 5) is 43.4. The largest absolute Gasteiger partial charge is 0.530 e. The summed E-state index contributed by atoms with van der Waals surface area (Å²) in [5, 5.41) is 11.8. The molecule has 0 unspecified atom stereocenters. The van der Waals surface area contributed by atoms with Gasteiger partial charge in [0.05, 0.1) is 32.2 Å². The first-order valence-corrected chi connectivity index (χ1v) is 18.4. The van der Waals surface area contributed by atoms with Crippen LogP contribution in [0.1, 0.15) is 120 Å². The van der Waals surface area contributed by atoms with Crippen molar-refractivity contribution in [3.63, 3.8) is 0 Å². The monoisotopic (exact) mass is 679 g/mol. The van der Waals surface area contributed by atoms with E-state index in [0.29, 0.717) is 5.06 Å². The lowest BCUT2D eigenvalue weighted by atomic mass is 10.0. The zero-order chi connectivity index (χ0) is 35.1. The van der Waals surface area contributed by atoms with Gasteiger partial charge in [-0.05, 0) is 66.2 Å². The number of fused-ring (bicyclic) bond motifs is 2. The van der Waals surface area contributed by atoms with Gasteiger partial charge in [-0.2, -0.15) is 13.5 Å². The Morgan fingerprint density at radius 3 is 1.87 bits per heavy atom. The first-order valence-electron chi connectivity index (χ1n) is 17.0. The van der Waals surface area contributed by atoms with E-state index in [-0.39, 0.29) is 25.9 Å². The van der Waals surface area contributed by atoms with E-state index in [9.17, 15) is 27.9 Å². The highest BCUT2D eigenvalue weighted by molar-refractivity contribution is 7.80. The van der Waals surface area contributed by atoms with E-state index in [1.165, 1.54) is 82.0 Å². The molecule has 0 aliphatic carbocycles. The maximum absolute atomic E-state index is 12.4. The highest BCUT2D eigenvalue weighted by Crippen LogP contribution is 2.30. The summed E-state index contributed by atoms with van der Waals surface area (Å²) < 4.78 is 36.3. The molecule has 2 aliphatic rings. The average molecular weight is 680 g/mol. The topological polar surface area (TPSA) is 169 Å². The molecule has 3 atom stereocenters. The van der Waals surface area contributed by atoms with Crippen molar-refractivity contribution in [2.75, 3.05) is 39.3 Å². The minimum atomic E-state index is -4.87. The highest BCUT2D eigenvalue weighted by Gasteiger charge is 2.49. The Kier molecular flexibility index (Phi) is 17.8. The number of unbranched alkanes of at least 4 members (excludes halogenated alkanes) is 4. The van der Waals surface area contributed by atoms with Crippen LogP contribution in [-0.2, 0) is 24.3 Å². The van der Waals surface area contributed by atoms with Gasteiger partial charge in [0.25, 0.3) is 5.91 Å². The fourth-order valence-corrected chi connectivity index (χ4v) is 6.28. The molecule has 0 saturated carbocycles. The molecule has 0 aromatic rings. The molecule has 2 N–H and O–H groups in total. The highest BCUT2D eigenvalue weighted by atomic mass is 32.3. The molecule has 4 amide bonds. The van der Waals surface area contributed by atoms with Gasteiger partial charge in [-0.25, -0.2) is 10.3 Å². The standard InChI is InChI=1S/C16H36N.C15H26N4O9S/c1-5-9-13-17(14-10-6-2,15-11-7-3)16-12-8-4;1-9(7-18(14(22)23)15(2,3)4)27-16-12(20)11-6-5-10-8-17(11)13(21)19(10)28-29(24,25)26/h5-16H2,1-4H3;9-11H,5-8H2,1-4H3,(H,16,20)(H,22,23)(H,24,25,26)/q+1;/p-1/t;9-,10+,11-/m.0/s1. The fraction of sp³-hybridized carbons (Fsp3) is 0.903. The molecule has 2 heterocycles. The minimum Gasteiger partial charge on any atom is -0.530 e. The minimum absolute atomic E-state index is 0.0461. The van der Waals surface area contributed by atoms with Gasteiger partial charge in [-0.15, -0.1) is 4.28 Å². The van der Waals surface area contributed by atoms with Crippen molar-refractivity contribution < 1.29 is 46.1 Å². The Morgan fingerprint density at radius 2 is 1.48 bits per heavy atom. The van der Waals surface area contributed by atoms with Crippen LogP contribution in [0.3, 0.4) is 0 Å². The van der Waals surface area contributed by atoms with Gasteiger partial charge in [0, 0.05) is 18.6 Å². The first-order chi connectivity index (χ1) is 21.4. The normalized spacial score (nSPS) is 19.0. The number of rotatable bonds is 19. The quantitative estimate of drug-likeness (QED) is 0.117. The third-order valence-corrected chi connectivity index (χ3v) is 8.92. The third-order valence-electron chi connectivity index (χ3n) is 8.57. The maximum Gasteiger partial charge on any atom is 0.418 e. The number of carbonyl (C=O) groups excluding carboxylic acids is 3. The first kappa shape index (κ1) is 41.8. The van der Waals surface area contributed by atoms with E-state index in [0.717, 1.165) is 9.80 Å². The van der Waals surface area contributed by atoms with Crippen molar-refractivity contribution in [3.8, 4) is 0 Å². The number of amides is 4. The molecule has 2 aliphatic heterocycles. The van der Waals surface area contributed by atoms with Gasteiger partial charge in [0.15, 0.2) is 0 Å². The second kappa shape index (κ2) is 19.6. The van der Waals surface area contributed by atoms with Gasteiger partial charge in [0.1, 0.15) is 18.2 Å². The van der Waals surface area contributed by atoms with Crippen LogP contribution in [0.25, 0.3) is 0 Å². The number of hydroxylamine groups is 3. The lowest BCUT2D eigenvalue weighted by Crippen LogP contribution is -2.55. The van der Waals surface area contributed by atoms with Crippen LogP contribution in [-0.4, -0.2) is 113 Å². The molecule has 270 valence electrons. The predicted molar refractivity (Wildman–Crippen MR) is 173 cm³/mol. The van der Waals surface area contributed by atoms with Gasteiger partial charge < -0.3 is 24.2 Å². The molecule has 2 fully saturated rings. The number of carbonyl (C=O) groups is 3. The average Bonchev–Trinajstić information content (AvgIpc) is 3.20. The molecule has 0 aromatic heterocycles. The third kappa shape index (κ3) is 13.9. The number of hydrogen-bond donors (Lipinski definition) is 2. The number of carboxylic acid groups (broad SMARTS) is 1. The van der Waals surface area contributed by atoms with Crippen molar-refractivity contribution in [2.24, 2.45) is 0 Å². The summed E-state index contributed by atoms with van der Waals surface area (Å²) in [6.45, 7) is 21.6. The summed E-state index contributed by atoms with van der Waals surface area (Å²) in [6.07, 6.45) is 9.47. The number of urea groups is 1. The van der Waals surface area contributed by atoms with E-state index in [1.54, 1.807) is 27.7 Å². The molecule has 2 rings (SSSR count). The van der Waals surface area contributed by atoms with Crippen LogP contribution < -0.4 is 10.6 Å². The Balaban J connectivity index is 0.000000533. The Labute approximate surface area is 277 Å². The number of nitrogens with zero attached hydrogens (tertiary/aromatic N) is 4. The molecule has 2 saturated heterocycles. The number of nitrogens with one attached hydrogen (secondary N) is 1. The van der Waals surface area contributed by atoms with Crippen LogP contribution in [0.2, 0.25) is 0 Å². The van der Waals surface area contributed by atoms with Crippen LogP contribution >= 0.6 is 0 Å². The Bertz CT molecular complexity index is 1020. The molecule has 15 heteroatoms. The van der Waals surface area contributed by atoms with Gasteiger partial charge in [-0.1, -0.05) is 53.4 Å². The van der Waals surface area contributed by atoms with Crippen molar-refractivity contribution >= 4 is 28.4 Å². The zero-order valence-corrected chi connectivity index (χ0v) is 30.3. The summed E-state index contributed by atoms with van der Waals surface area (Å²) >= 11 is 0. The van der Waals surface area contributed by atoms with Gasteiger partial charge >= 0.3 is 16.4 Å². The van der Waals surface area contributed by atoms with Crippen LogP contribution in [0.5, 0.6) is 0 Å². The van der Waals surface area contributed by atoms with Crippen molar-refractivity contribution in [2.45, 2.75) is 143 Å². The van der Waals surface area contributed by atoms with Crippen molar-refractivity contribution in [3.05, 3.63) is 0 Å². The SMILES string of the molecule is CCCC[N+](CCCC)(CCCC)CCCC.C[C@@H](CN(C(=O)[O-])C(C)(C)C)ONC(=O)[C@@H]1CC[C@@H]2CN1C(=O)N2OS(=O)(=O)O. The van der Waals surface area contributed by atoms with Crippen LogP contribution in [0, 0.1) is 0 Å². The summed E-state index contributed by atoms with van der Waals surface area (Å²) in [5.41, 5.74) is 1.49. The predicted octanol–water partition coefficient (Wildman–Crippen LogP) is 3.87. The summed E-state index contributed by atoms with van der Waals surface area (Å²) in [5.74, 6) is -0.645. The van der Waals surface area contributed by atoms with Crippen molar-refractivity contribution in [1.29, 1.82) is 0 Å². The number of piperidine rings is 1. The summed E-state index contributed by atoms with van der Waals surface area (Å²) in [7, 11) is -4.87. The van der Waals surface area contributed by atoms with E-state index in [4.69, 9.17) is 9.39 Å². The second-order valence-corrected chi connectivity index (χ2v) is 14.6. The fourth-order valence-electron chi connectivity index (χ4n) is 5.89. The van der Waals surface area contributed by atoms with Crippen LogP contribution in [0.15, 0.2) is 0 Å². The molecule has 46 heavy (non-hydrogen) atoms. The van der Waals surface area contributed by atoms with E-state index >= 15 is 0 Å². The van der Waals surface area contributed by atoms with E-state index in [1.807, 2.05) is 0 Å². The molecule has 2 bridgehead atoms. The lowest BCUT2D eigenvalue weighted by Gasteiger charge is -2.39. The van der Waals surface area contributed by atoms with Gasteiger partial charge in [-0.3, -0.25) is 14.2 Å². The zero-order valence-electron chi connectivity index (χ0n) is 29.5. The van der Waals surface area contributed by atoms with E-state index in [2.05, 4.69) is 37.5 Å². The number of quaternary nitrogens is 1. The lowest BCUT2D eigenvalue weighted by molar-refractivity contribution is -0.929. The Hall–Kier alpha value is -2.20. The molecule has 14 nitrogen and oxygen atoms in total. The molecule has 0 aromatic carbocycles. The maximum atomic E-state index is 12.4. The summed E-state index contributed by atoms with van der Waals surface area (Å²) in [6, 6.07) is -2.41. The van der Waals surface area contributed by atoms with Crippen LogP contribution in [0.4, 0.5) is 9.59 Å². The van der Waals surface area contributed by atoms with E-state index < -0.39 is 52.2 Å². The second-order valence-electron chi connectivity index (χ2n) is 13.6. The van der Waals surface area contributed by atoms with Crippen molar-refractivity contribution in [1.82, 2.24) is 20.3 Å². The van der Waals surface area contributed by atoms with Gasteiger partial charge in [0.2, 0.25) is 0 Å². The number of hydrogen-bond acceptors (Lipinski definition) is 8. The smallest absolute Gasteiger partial charge is 0.418 e. The molecular weight excluding hydrogens is 618 g/mol. The molecule has 0 radical (unpaired) electrons. The molecule has 0 spiro atoms.